The molecule has 0 unspecified atom stereocenters. The molecule has 13 nitrogen and oxygen atoms in total. The van der Waals surface area contributed by atoms with Crippen LogP contribution in [-0.2, 0) is 28.7 Å². The van der Waals surface area contributed by atoms with E-state index in [9.17, 15) is 29.1 Å². The number of amides is 5. The normalized spacial score (nSPS) is 30.8. The average molecular weight is 653 g/mol. The molecule has 1 heterocycles. The molecule has 7 N–H and O–H groups in total. The van der Waals surface area contributed by atoms with Crippen LogP contribution in [0.25, 0.3) is 0 Å². The summed E-state index contributed by atoms with van der Waals surface area (Å²) in [4.78, 5) is 69.6. The zero-order valence-corrected chi connectivity index (χ0v) is 28.8. The molecule has 2 rings (SSSR count). The van der Waals surface area contributed by atoms with Gasteiger partial charge >= 0.3 is 0 Å². The number of aliphatic hydroxyl groups excluding tert-OH is 1. The Bertz CT molecular complexity index is 1000. The number of carbonyl (C=O) groups is 5. The van der Waals surface area contributed by atoms with Crippen LogP contribution in [0.5, 0.6) is 0 Å². The third kappa shape index (κ3) is 11.5. The van der Waals surface area contributed by atoms with Crippen LogP contribution in [0.15, 0.2) is 0 Å². The minimum absolute atomic E-state index is 0.162. The summed E-state index contributed by atoms with van der Waals surface area (Å²) in [6.07, 6.45) is 7.00. The molecule has 0 aromatic carbocycles. The number of nitrogens with zero attached hydrogens (tertiary/aromatic N) is 1. The van der Waals surface area contributed by atoms with Crippen molar-refractivity contribution in [3.05, 3.63) is 0 Å². The molecule has 0 aromatic heterocycles. The number of hydrogen-bond acceptors (Lipinski definition) is 8. The van der Waals surface area contributed by atoms with E-state index in [1.165, 1.54) is 11.8 Å². The average Bonchev–Trinajstić information content (AvgIpc) is 3.03. The summed E-state index contributed by atoms with van der Waals surface area (Å²) in [6, 6.07) is -4.35. The molecule has 1 aliphatic carbocycles. The van der Waals surface area contributed by atoms with Gasteiger partial charge in [-0.25, -0.2) is 0 Å². The number of hydrogen-bond donors (Lipinski definition) is 6. The van der Waals surface area contributed by atoms with Gasteiger partial charge in [-0.05, 0) is 45.4 Å². The summed E-state index contributed by atoms with van der Waals surface area (Å²) in [6.45, 7) is 8.53. The molecule has 46 heavy (non-hydrogen) atoms. The van der Waals surface area contributed by atoms with E-state index < -0.39 is 72.1 Å². The Balaban J connectivity index is 2.53. The lowest BCUT2D eigenvalue weighted by Gasteiger charge is -2.36. The quantitative estimate of drug-likeness (QED) is 0.191. The van der Waals surface area contributed by atoms with Crippen molar-refractivity contribution < 1.29 is 33.8 Å². The van der Waals surface area contributed by atoms with Crippen molar-refractivity contribution >= 4 is 29.5 Å². The minimum atomic E-state index is -1.36. The Morgan fingerprint density at radius 3 is 2.11 bits per heavy atom. The van der Waals surface area contributed by atoms with E-state index in [4.69, 9.17) is 10.5 Å². The van der Waals surface area contributed by atoms with Crippen LogP contribution in [0.3, 0.4) is 0 Å². The largest absolute Gasteiger partial charge is 0.391 e. The molecule has 5 amide bonds. The standard InChI is InChI=1S/C33H60N6O7/c1-7-9-10-14-18-26-20(3)33(45)39(6)25(15-8-2)30(42)38-28(23-16-12-11-13-17-23)32(44)36-24(19-34)29(41)37-27(21(4)40)31(43)35-22(5)46-26/h20-28,40H,7-19,34H2,1-6H3,(H,35,43)(H,36,44)(H,37,41)(H,38,42)/t20-,21+,22+,24+,25+,26-,27+,28+/m1/s1. The molecule has 0 spiro atoms. The zero-order chi connectivity index (χ0) is 34.4. The highest BCUT2D eigenvalue weighted by atomic mass is 16.5. The lowest BCUT2D eigenvalue weighted by Crippen LogP contribution is -2.63. The van der Waals surface area contributed by atoms with Gasteiger partial charge in [-0.3, -0.25) is 24.0 Å². The second-order valence-electron chi connectivity index (χ2n) is 13.1. The summed E-state index contributed by atoms with van der Waals surface area (Å²) < 4.78 is 6.26. The van der Waals surface area contributed by atoms with E-state index in [-0.39, 0.29) is 18.4 Å². The Labute approximate surface area is 274 Å². The molecule has 0 bridgehead atoms. The van der Waals surface area contributed by atoms with Gasteiger partial charge in [0.1, 0.15) is 30.4 Å². The van der Waals surface area contributed by atoms with Crippen LogP contribution < -0.4 is 27.0 Å². The third-order valence-electron chi connectivity index (χ3n) is 9.33. The predicted molar refractivity (Wildman–Crippen MR) is 175 cm³/mol. The van der Waals surface area contributed by atoms with Gasteiger partial charge in [0.2, 0.25) is 29.5 Å². The summed E-state index contributed by atoms with van der Waals surface area (Å²) in [5.41, 5.74) is 5.90. The molecular formula is C33H60N6O7. The zero-order valence-electron chi connectivity index (χ0n) is 28.8. The van der Waals surface area contributed by atoms with Crippen molar-refractivity contribution in [1.29, 1.82) is 0 Å². The molecule has 1 aliphatic heterocycles. The summed E-state index contributed by atoms with van der Waals surface area (Å²) in [7, 11) is 1.61. The van der Waals surface area contributed by atoms with Crippen LogP contribution in [0.2, 0.25) is 0 Å². The lowest BCUT2D eigenvalue weighted by atomic mass is 9.83. The lowest BCUT2D eigenvalue weighted by molar-refractivity contribution is -0.150. The summed E-state index contributed by atoms with van der Waals surface area (Å²) in [5.74, 6) is -3.49. The van der Waals surface area contributed by atoms with E-state index in [2.05, 4.69) is 28.2 Å². The first-order valence-corrected chi connectivity index (χ1v) is 17.4. The van der Waals surface area contributed by atoms with E-state index in [1.807, 2.05) is 6.92 Å². The smallest absolute Gasteiger partial charge is 0.247 e. The number of aliphatic hydroxyl groups is 1. The Hall–Kier alpha value is -2.77. The van der Waals surface area contributed by atoms with Crippen LogP contribution in [0.4, 0.5) is 0 Å². The van der Waals surface area contributed by atoms with Crippen LogP contribution >= 0.6 is 0 Å². The number of ether oxygens (including phenoxy) is 1. The highest BCUT2D eigenvalue weighted by Gasteiger charge is 2.39. The maximum Gasteiger partial charge on any atom is 0.247 e. The predicted octanol–water partition coefficient (Wildman–Crippen LogP) is 1.46. The Morgan fingerprint density at radius 1 is 0.848 bits per heavy atom. The van der Waals surface area contributed by atoms with Gasteiger partial charge in [-0.2, -0.15) is 0 Å². The van der Waals surface area contributed by atoms with E-state index in [0.717, 1.165) is 57.8 Å². The molecule has 0 aromatic rings. The molecule has 2 aliphatic rings. The number of rotatable bonds is 10. The van der Waals surface area contributed by atoms with E-state index in [1.54, 1.807) is 20.9 Å². The minimum Gasteiger partial charge on any atom is -0.391 e. The first-order chi connectivity index (χ1) is 21.9. The fourth-order valence-electron chi connectivity index (χ4n) is 6.47. The van der Waals surface area contributed by atoms with Gasteiger partial charge in [0.25, 0.3) is 0 Å². The molecular weight excluding hydrogens is 592 g/mol. The van der Waals surface area contributed by atoms with Gasteiger partial charge in [0.05, 0.1) is 18.1 Å². The first-order valence-electron chi connectivity index (χ1n) is 17.4. The van der Waals surface area contributed by atoms with Crippen LogP contribution in [0.1, 0.15) is 112 Å². The Morgan fingerprint density at radius 2 is 1.52 bits per heavy atom. The molecule has 8 atom stereocenters. The second kappa shape index (κ2) is 19.8. The fraction of sp³-hybridized carbons (Fsp3) is 0.848. The topological polar surface area (TPSA) is 192 Å². The SMILES string of the molecule is CCCCCC[C@H]1O[C@@H](C)NC(=O)[C@H]([C@H](C)O)NC(=O)[C@H](CN)NC(=O)[C@H](C2CCCCC2)NC(=O)[C@H](CCC)N(C)C(=O)[C@@H]1C. The van der Waals surface area contributed by atoms with E-state index >= 15 is 0 Å². The van der Waals surface area contributed by atoms with Crippen LogP contribution in [0, 0.1) is 11.8 Å². The number of likely N-dealkylation sites (N-methyl/N-ethyl adjacent to an activating group) is 1. The highest BCUT2D eigenvalue weighted by molar-refractivity contribution is 5.96. The van der Waals surface area contributed by atoms with Gasteiger partial charge in [-0.15, -0.1) is 0 Å². The third-order valence-corrected chi connectivity index (χ3v) is 9.33. The first kappa shape index (κ1) is 39.4. The highest BCUT2D eigenvalue weighted by Crippen LogP contribution is 2.27. The number of nitrogens with two attached hydrogens (primary N) is 1. The number of unbranched alkanes of at least 4 members (excludes halogenated alkanes) is 3. The van der Waals surface area contributed by atoms with Crippen molar-refractivity contribution in [3.8, 4) is 0 Å². The maximum absolute atomic E-state index is 14.0. The second-order valence-corrected chi connectivity index (χ2v) is 13.1. The molecule has 2 fully saturated rings. The molecule has 0 radical (unpaired) electrons. The number of nitrogens with one attached hydrogen (secondary N) is 4. The fourth-order valence-corrected chi connectivity index (χ4v) is 6.47. The van der Waals surface area contributed by atoms with Crippen molar-refractivity contribution in [2.75, 3.05) is 13.6 Å². The molecule has 1 saturated heterocycles. The van der Waals surface area contributed by atoms with Gasteiger partial charge < -0.3 is 41.7 Å². The van der Waals surface area contributed by atoms with Gasteiger partial charge in [-0.1, -0.05) is 72.1 Å². The number of carbonyl (C=O) groups excluding carboxylic acids is 5. The van der Waals surface area contributed by atoms with Gasteiger partial charge in [0.15, 0.2) is 0 Å². The maximum atomic E-state index is 14.0. The Kier molecular flexibility index (Phi) is 17.0. The van der Waals surface area contributed by atoms with Crippen molar-refractivity contribution in [2.45, 2.75) is 154 Å². The summed E-state index contributed by atoms with van der Waals surface area (Å²) >= 11 is 0. The van der Waals surface area contributed by atoms with Crippen LogP contribution in [-0.4, -0.2) is 95.7 Å². The summed E-state index contributed by atoms with van der Waals surface area (Å²) in [5, 5.41) is 21.3. The van der Waals surface area contributed by atoms with Crippen molar-refractivity contribution in [2.24, 2.45) is 17.6 Å². The molecule has 1 saturated carbocycles. The molecule has 264 valence electrons. The van der Waals surface area contributed by atoms with Gasteiger partial charge in [0, 0.05) is 13.6 Å². The van der Waals surface area contributed by atoms with Crippen molar-refractivity contribution in [1.82, 2.24) is 26.2 Å². The van der Waals surface area contributed by atoms with Crippen molar-refractivity contribution in [3.63, 3.8) is 0 Å². The monoisotopic (exact) mass is 652 g/mol. The molecule has 13 heteroatoms. The van der Waals surface area contributed by atoms with E-state index in [0.29, 0.717) is 19.3 Å².